The summed E-state index contributed by atoms with van der Waals surface area (Å²) in [4.78, 5) is 50.1. The summed E-state index contributed by atoms with van der Waals surface area (Å²) in [6.45, 7) is -0.0810. The van der Waals surface area contributed by atoms with E-state index in [-0.39, 0.29) is 86.6 Å². The van der Waals surface area contributed by atoms with Crippen molar-refractivity contribution in [1.29, 1.82) is 0 Å². The second-order valence-electron chi connectivity index (χ2n) is 10.3. The number of ether oxygens (including phenoxy) is 6. The molecule has 0 aromatic carbocycles. The minimum atomic E-state index is -0.521. The summed E-state index contributed by atoms with van der Waals surface area (Å²) in [5.41, 5.74) is 11.9. The predicted molar refractivity (Wildman–Crippen MR) is 196 cm³/mol. The number of H-pyrrole nitrogens is 2. The number of rotatable bonds is 10. The van der Waals surface area contributed by atoms with Crippen LogP contribution in [0.4, 0.5) is 11.9 Å². The molecule has 0 aliphatic rings. The highest BCUT2D eigenvalue weighted by Crippen LogP contribution is 2.43. The summed E-state index contributed by atoms with van der Waals surface area (Å²) in [6.07, 6.45) is 0. The summed E-state index contributed by atoms with van der Waals surface area (Å²) < 4.78 is 35.9. The van der Waals surface area contributed by atoms with Gasteiger partial charge in [-0.05, 0) is 31.9 Å². The average Bonchev–Trinajstić information content (AvgIpc) is 3.61. The van der Waals surface area contributed by atoms with Gasteiger partial charge in [-0.25, -0.2) is 14.6 Å². The number of nitrogen functional groups attached to an aromatic ring is 2. The number of nitrogens with one attached hydrogen (secondary N) is 2. The third kappa shape index (κ3) is 7.11. The van der Waals surface area contributed by atoms with Gasteiger partial charge in [0.25, 0.3) is 17.3 Å². The number of aromatic amines is 2. The van der Waals surface area contributed by atoms with Gasteiger partial charge < -0.3 is 49.9 Å². The van der Waals surface area contributed by atoms with Gasteiger partial charge in [0.15, 0.2) is 33.1 Å². The molecular formula is C28H29Br2Cl2N12O9+. The van der Waals surface area contributed by atoms with Crippen molar-refractivity contribution in [2.45, 2.75) is 13.1 Å². The minimum Gasteiger partial charge on any atom is -0.492 e. The molecule has 282 valence electrons. The zero-order chi connectivity index (χ0) is 38.9. The monoisotopic (exact) mass is 905 g/mol. The van der Waals surface area contributed by atoms with Crippen LogP contribution in [-0.2, 0) is 13.1 Å². The van der Waals surface area contributed by atoms with Crippen molar-refractivity contribution in [3.63, 3.8) is 0 Å². The molecule has 0 amide bonds. The Kier molecular flexibility index (Phi) is 11.6. The van der Waals surface area contributed by atoms with Crippen molar-refractivity contribution < 1.29 is 38.4 Å². The van der Waals surface area contributed by atoms with Crippen LogP contribution in [0.3, 0.4) is 0 Å². The Hall–Kier alpha value is -5.26. The van der Waals surface area contributed by atoms with E-state index in [2.05, 4.69) is 66.7 Å². The fourth-order valence-corrected chi connectivity index (χ4v) is 6.72. The number of hydrogen-bond acceptors (Lipinski definition) is 16. The quantitative estimate of drug-likeness (QED) is 0.0750. The number of imidazole rings is 2. The van der Waals surface area contributed by atoms with Gasteiger partial charge in [-0.2, -0.15) is 19.9 Å². The Morgan fingerprint density at radius 1 is 0.679 bits per heavy atom. The van der Waals surface area contributed by atoms with Gasteiger partial charge in [0.2, 0.25) is 17.6 Å². The molecule has 0 fully saturated rings. The van der Waals surface area contributed by atoms with E-state index in [4.69, 9.17) is 63.1 Å². The van der Waals surface area contributed by atoms with Gasteiger partial charge in [0.05, 0.1) is 64.1 Å². The Morgan fingerprint density at radius 2 is 1.15 bits per heavy atom. The Morgan fingerprint density at radius 3 is 1.60 bits per heavy atom. The lowest BCUT2D eigenvalue weighted by molar-refractivity contribution is -0.911. The molecule has 21 nitrogen and oxygen atoms in total. The summed E-state index contributed by atoms with van der Waals surface area (Å²) in [7, 11) is 8.59. The average molecular weight is 908 g/mol. The SMILES string of the molecule is COc1c(Br)c(Cn2c(=O)[nH]c3c(Cl)nc(N)nc32)[n+](O)c(OC)c1OC.COc1nc(Cn2c(=O)[nH]c3c(Cl)nc(N)nc32)c(Br)c(OC)c1OC. The van der Waals surface area contributed by atoms with E-state index in [0.29, 0.717) is 26.1 Å². The van der Waals surface area contributed by atoms with Gasteiger partial charge in [-0.1, -0.05) is 23.2 Å². The summed E-state index contributed by atoms with van der Waals surface area (Å²) in [5.74, 6) is 1.19. The molecule has 0 saturated carbocycles. The number of pyridine rings is 2. The zero-order valence-electron chi connectivity index (χ0n) is 28.4. The largest absolute Gasteiger partial charge is 0.492 e. The van der Waals surface area contributed by atoms with Gasteiger partial charge >= 0.3 is 17.3 Å². The van der Waals surface area contributed by atoms with Crippen LogP contribution in [0.15, 0.2) is 18.5 Å². The number of nitrogens with two attached hydrogens (primary N) is 2. The van der Waals surface area contributed by atoms with Gasteiger partial charge in [-0.3, -0.25) is 14.3 Å². The fourth-order valence-electron chi connectivity index (χ4n) is 5.09. The van der Waals surface area contributed by atoms with Crippen LogP contribution in [0.1, 0.15) is 11.4 Å². The molecule has 6 aromatic rings. The van der Waals surface area contributed by atoms with Gasteiger partial charge in [0, 0.05) is 0 Å². The molecule has 0 saturated heterocycles. The standard InChI is InChI=1S/C14H14BrClN6O5.C14H14BrClN6O4/c1-25-8-6(15)5(22(24)12(27-3)9(8)26-2)4-21-11-7(18-14(21)23)10(16)19-13(17)20-11;1-24-8-6(15)5(18-12(26-3)9(8)25-2)4-22-11-7(19-14(22)23)10(16)20-13(17)21-11/h4H2,1-3H3,(H3-,17,18,19,20,23,24);4H2,1-3H3,(H,19,23)(H2,17,20,21)/p+1. The molecule has 0 bridgehead atoms. The molecule has 0 spiro atoms. The first kappa shape index (κ1) is 39.0. The molecule has 6 heterocycles. The topological polar surface area (TPSA) is 272 Å². The van der Waals surface area contributed by atoms with Crippen LogP contribution in [-0.4, -0.2) is 91.9 Å². The van der Waals surface area contributed by atoms with Crippen molar-refractivity contribution in [2.75, 3.05) is 54.1 Å². The van der Waals surface area contributed by atoms with E-state index in [0.717, 1.165) is 4.73 Å². The van der Waals surface area contributed by atoms with Crippen LogP contribution >= 0.6 is 55.1 Å². The van der Waals surface area contributed by atoms with E-state index in [1.165, 1.54) is 51.8 Å². The first-order valence-electron chi connectivity index (χ1n) is 14.5. The Labute approximate surface area is 323 Å². The summed E-state index contributed by atoms with van der Waals surface area (Å²) in [6, 6.07) is 0. The van der Waals surface area contributed by atoms with Crippen molar-refractivity contribution in [3.05, 3.63) is 51.6 Å². The molecule has 53 heavy (non-hydrogen) atoms. The van der Waals surface area contributed by atoms with Crippen molar-refractivity contribution >= 4 is 89.3 Å². The number of nitrogens with zero attached hydrogens (tertiary/aromatic N) is 8. The molecule has 6 aromatic heterocycles. The van der Waals surface area contributed by atoms with E-state index in [1.54, 1.807) is 0 Å². The highest BCUT2D eigenvalue weighted by Gasteiger charge is 2.35. The molecular weight excluding hydrogens is 879 g/mol. The van der Waals surface area contributed by atoms with E-state index >= 15 is 0 Å². The number of fused-ring (bicyclic) bond motifs is 2. The van der Waals surface area contributed by atoms with E-state index in [9.17, 15) is 14.8 Å². The number of methoxy groups -OCH3 is 6. The highest BCUT2D eigenvalue weighted by molar-refractivity contribution is 9.11. The maximum absolute atomic E-state index is 12.4. The first-order chi connectivity index (χ1) is 25.2. The Bertz CT molecular complexity index is 2460. The number of halogens is 4. The lowest BCUT2D eigenvalue weighted by Gasteiger charge is -2.15. The molecule has 0 unspecified atom stereocenters. The molecule has 0 radical (unpaired) electrons. The fraction of sp³-hybridized carbons (Fsp3) is 0.286. The van der Waals surface area contributed by atoms with Crippen LogP contribution in [0.25, 0.3) is 22.3 Å². The second-order valence-corrected chi connectivity index (χ2v) is 12.6. The summed E-state index contributed by atoms with van der Waals surface area (Å²) in [5, 5.41) is 10.7. The predicted octanol–water partition coefficient (Wildman–Crippen LogP) is 2.30. The molecule has 0 atom stereocenters. The second kappa shape index (κ2) is 15.8. The van der Waals surface area contributed by atoms with E-state index in [1.807, 2.05) is 0 Å². The first-order valence-corrected chi connectivity index (χ1v) is 16.9. The van der Waals surface area contributed by atoms with E-state index < -0.39 is 11.4 Å². The molecule has 0 aliphatic carbocycles. The number of anilines is 2. The third-order valence-corrected chi connectivity index (χ3v) is 9.58. The molecule has 25 heteroatoms. The zero-order valence-corrected chi connectivity index (χ0v) is 33.1. The Balaban J connectivity index is 0.000000204. The number of hydrogen-bond donors (Lipinski definition) is 5. The maximum Gasteiger partial charge on any atom is 0.463 e. The van der Waals surface area contributed by atoms with Crippen LogP contribution in [0.2, 0.25) is 10.3 Å². The van der Waals surface area contributed by atoms with Crippen LogP contribution in [0.5, 0.6) is 34.8 Å². The smallest absolute Gasteiger partial charge is 0.463 e. The highest BCUT2D eigenvalue weighted by atomic mass is 79.9. The van der Waals surface area contributed by atoms with Crippen LogP contribution < -0.4 is 56.0 Å². The van der Waals surface area contributed by atoms with Crippen molar-refractivity contribution in [1.82, 2.24) is 44.0 Å². The van der Waals surface area contributed by atoms with Crippen LogP contribution in [0, 0.1) is 0 Å². The molecule has 6 rings (SSSR count). The third-order valence-electron chi connectivity index (χ3n) is 7.40. The lowest BCUT2D eigenvalue weighted by atomic mass is 10.3. The maximum atomic E-state index is 12.4. The normalized spacial score (nSPS) is 11.0. The number of aromatic nitrogens is 10. The van der Waals surface area contributed by atoms with Gasteiger partial charge in [-0.15, -0.1) is 0 Å². The van der Waals surface area contributed by atoms with Crippen molar-refractivity contribution in [3.8, 4) is 34.8 Å². The lowest BCUT2D eigenvalue weighted by Crippen LogP contribution is -2.40. The minimum absolute atomic E-state index is 0.00850. The molecule has 7 N–H and O–H groups in total. The summed E-state index contributed by atoms with van der Waals surface area (Å²) >= 11 is 18.8. The van der Waals surface area contributed by atoms with Crippen molar-refractivity contribution in [2.24, 2.45) is 0 Å². The van der Waals surface area contributed by atoms with Gasteiger partial charge in [0.1, 0.15) is 22.1 Å². The molecule has 0 aliphatic heterocycles.